The van der Waals surface area contributed by atoms with Gasteiger partial charge in [0.2, 0.25) is 0 Å². The topological polar surface area (TPSA) is 3.24 Å². The highest BCUT2D eigenvalue weighted by Crippen LogP contribution is 2.39. The summed E-state index contributed by atoms with van der Waals surface area (Å²) < 4.78 is 0. The quantitative estimate of drug-likeness (QED) is 0.478. The van der Waals surface area contributed by atoms with E-state index in [1.165, 1.54) is 0 Å². The van der Waals surface area contributed by atoms with Gasteiger partial charge in [-0.2, -0.15) is 0 Å². The largest absolute Gasteiger partial charge is 0.310 e. The molecule has 0 saturated heterocycles. The first-order chi connectivity index (χ1) is 12.1. The normalized spacial score (nSPS) is 10.3. The Kier molecular flexibility index (Phi) is 4.85. The molecule has 0 aliphatic heterocycles. The molecule has 0 atom stereocenters. The van der Waals surface area contributed by atoms with Crippen LogP contribution in [0.2, 0.25) is 0 Å². The highest BCUT2D eigenvalue weighted by molar-refractivity contribution is 5.86. The Morgan fingerprint density at radius 1 is 0.680 bits per heavy atom. The minimum Gasteiger partial charge on any atom is -0.310 e. The summed E-state index contributed by atoms with van der Waals surface area (Å²) in [4.78, 5) is 2.27. The number of rotatable bonds is 5. The van der Waals surface area contributed by atoms with E-state index in [4.69, 9.17) is 0 Å². The van der Waals surface area contributed by atoms with E-state index in [0.29, 0.717) is 0 Å². The molecule has 0 aliphatic rings. The number of allylic oxidation sites excluding steroid dienone is 2. The molecule has 0 spiro atoms. The molecular formula is C24H23N. The van der Waals surface area contributed by atoms with Gasteiger partial charge in [-0.1, -0.05) is 67.3 Å². The Hall–Kier alpha value is -3.06. The summed E-state index contributed by atoms with van der Waals surface area (Å²) in [6, 6.07) is 27.3. The molecule has 3 rings (SSSR count). The van der Waals surface area contributed by atoms with Crippen LogP contribution >= 0.6 is 0 Å². The van der Waals surface area contributed by atoms with E-state index in [2.05, 4.69) is 84.8 Å². The van der Waals surface area contributed by atoms with Crippen LogP contribution in [0.3, 0.4) is 0 Å². The second-order valence-electron chi connectivity index (χ2n) is 6.30. The maximum atomic E-state index is 4.18. The first-order valence-electron chi connectivity index (χ1n) is 8.44. The molecule has 3 aromatic rings. The minimum absolute atomic E-state index is 1.04. The van der Waals surface area contributed by atoms with Crippen molar-refractivity contribution in [1.82, 2.24) is 0 Å². The fraction of sp³-hybridized carbons (Fsp3) is 0.0833. The summed E-state index contributed by atoms with van der Waals surface area (Å²) in [7, 11) is 0. The molecule has 0 aliphatic carbocycles. The summed E-state index contributed by atoms with van der Waals surface area (Å²) in [5, 5.41) is 0. The fourth-order valence-electron chi connectivity index (χ4n) is 2.92. The molecule has 0 aromatic heterocycles. The number of para-hydroxylation sites is 2. The molecule has 0 amide bonds. The average Bonchev–Trinajstić information content (AvgIpc) is 2.63. The SMILES string of the molecule is C=C(C)c1ccc(C(=C)C)c(N(c2ccccc2)c2ccccc2)c1. The zero-order chi connectivity index (χ0) is 17.8. The van der Waals surface area contributed by atoms with Crippen molar-refractivity contribution in [2.75, 3.05) is 4.90 Å². The highest BCUT2D eigenvalue weighted by atomic mass is 15.1. The van der Waals surface area contributed by atoms with Gasteiger partial charge in [-0.15, -0.1) is 0 Å². The molecule has 3 aromatic carbocycles. The molecule has 0 bridgehead atoms. The summed E-state index contributed by atoms with van der Waals surface area (Å²) in [5.74, 6) is 0. The van der Waals surface area contributed by atoms with Gasteiger partial charge in [0.1, 0.15) is 0 Å². The Balaban J connectivity index is 2.28. The van der Waals surface area contributed by atoms with Gasteiger partial charge in [-0.25, -0.2) is 0 Å². The van der Waals surface area contributed by atoms with Gasteiger partial charge in [-0.05, 0) is 55.3 Å². The number of benzene rings is 3. The Morgan fingerprint density at radius 3 is 1.64 bits per heavy atom. The number of hydrogen-bond acceptors (Lipinski definition) is 1. The molecule has 0 fully saturated rings. The van der Waals surface area contributed by atoms with Crippen LogP contribution in [0.1, 0.15) is 25.0 Å². The Bertz CT molecular complexity index is 852. The third kappa shape index (κ3) is 3.56. The number of hydrogen-bond donors (Lipinski definition) is 0. The van der Waals surface area contributed by atoms with Crippen LogP contribution in [0.15, 0.2) is 92.0 Å². The lowest BCUT2D eigenvalue weighted by molar-refractivity contribution is 1.27. The summed E-state index contributed by atoms with van der Waals surface area (Å²) in [6.45, 7) is 12.4. The van der Waals surface area contributed by atoms with E-state index < -0.39 is 0 Å². The lowest BCUT2D eigenvalue weighted by atomic mass is 9.99. The summed E-state index contributed by atoms with van der Waals surface area (Å²) in [6.07, 6.45) is 0. The molecule has 0 radical (unpaired) electrons. The van der Waals surface area contributed by atoms with Gasteiger partial charge in [0.05, 0.1) is 5.69 Å². The van der Waals surface area contributed by atoms with Crippen LogP contribution in [0.5, 0.6) is 0 Å². The van der Waals surface area contributed by atoms with Crippen molar-refractivity contribution in [3.05, 3.63) is 103 Å². The van der Waals surface area contributed by atoms with E-state index in [-0.39, 0.29) is 0 Å². The summed E-state index contributed by atoms with van der Waals surface area (Å²) >= 11 is 0. The maximum Gasteiger partial charge on any atom is 0.0542 e. The van der Waals surface area contributed by atoms with Crippen molar-refractivity contribution in [2.24, 2.45) is 0 Å². The van der Waals surface area contributed by atoms with Gasteiger partial charge >= 0.3 is 0 Å². The van der Waals surface area contributed by atoms with E-state index >= 15 is 0 Å². The van der Waals surface area contributed by atoms with Crippen LogP contribution in [0, 0.1) is 0 Å². The molecule has 0 unspecified atom stereocenters. The monoisotopic (exact) mass is 325 g/mol. The average molecular weight is 325 g/mol. The third-order valence-electron chi connectivity index (χ3n) is 4.22. The highest BCUT2D eigenvalue weighted by Gasteiger charge is 2.16. The Morgan fingerprint density at radius 2 is 1.20 bits per heavy atom. The molecule has 0 saturated carbocycles. The first kappa shape index (κ1) is 16.8. The lowest BCUT2D eigenvalue weighted by Gasteiger charge is -2.28. The van der Waals surface area contributed by atoms with Crippen LogP contribution in [0.25, 0.3) is 11.1 Å². The van der Waals surface area contributed by atoms with Crippen molar-refractivity contribution >= 4 is 28.2 Å². The molecule has 25 heavy (non-hydrogen) atoms. The van der Waals surface area contributed by atoms with Crippen molar-refractivity contribution < 1.29 is 0 Å². The van der Waals surface area contributed by atoms with E-state index in [1.807, 2.05) is 26.0 Å². The van der Waals surface area contributed by atoms with Crippen LogP contribution in [-0.4, -0.2) is 0 Å². The van der Waals surface area contributed by atoms with Crippen LogP contribution < -0.4 is 4.90 Å². The zero-order valence-corrected chi connectivity index (χ0v) is 14.9. The fourth-order valence-corrected chi connectivity index (χ4v) is 2.92. The third-order valence-corrected chi connectivity index (χ3v) is 4.22. The Labute approximate surface area is 150 Å². The first-order valence-corrected chi connectivity index (χ1v) is 8.44. The van der Waals surface area contributed by atoms with Gasteiger partial charge in [0.25, 0.3) is 0 Å². The lowest BCUT2D eigenvalue weighted by Crippen LogP contribution is -2.12. The number of anilines is 3. The minimum atomic E-state index is 1.04. The molecular weight excluding hydrogens is 302 g/mol. The van der Waals surface area contributed by atoms with Gasteiger partial charge in [0.15, 0.2) is 0 Å². The van der Waals surface area contributed by atoms with Gasteiger partial charge in [-0.3, -0.25) is 0 Å². The van der Waals surface area contributed by atoms with Gasteiger partial charge < -0.3 is 4.90 Å². The molecule has 1 heteroatoms. The maximum absolute atomic E-state index is 4.18. The van der Waals surface area contributed by atoms with Crippen molar-refractivity contribution in [1.29, 1.82) is 0 Å². The predicted octanol–water partition coefficient (Wildman–Crippen LogP) is 7.22. The predicted molar refractivity (Wildman–Crippen MR) is 111 cm³/mol. The molecule has 124 valence electrons. The van der Waals surface area contributed by atoms with E-state index in [1.54, 1.807) is 0 Å². The molecule has 1 nitrogen and oxygen atoms in total. The van der Waals surface area contributed by atoms with Crippen molar-refractivity contribution in [3.63, 3.8) is 0 Å². The molecule has 0 heterocycles. The second kappa shape index (κ2) is 7.23. The van der Waals surface area contributed by atoms with Gasteiger partial charge in [0, 0.05) is 16.9 Å². The smallest absolute Gasteiger partial charge is 0.0542 e. The second-order valence-corrected chi connectivity index (χ2v) is 6.30. The van der Waals surface area contributed by atoms with E-state index in [9.17, 15) is 0 Å². The van der Waals surface area contributed by atoms with Crippen LogP contribution in [-0.2, 0) is 0 Å². The standard InChI is InChI=1S/C24H23N/c1-18(2)20-15-16-23(19(3)4)24(17-20)25(21-11-7-5-8-12-21)22-13-9-6-10-14-22/h5-17H,1,3H2,2,4H3. The van der Waals surface area contributed by atoms with Crippen molar-refractivity contribution in [3.8, 4) is 0 Å². The molecule has 0 N–H and O–H groups in total. The van der Waals surface area contributed by atoms with Crippen LogP contribution in [0.4, 0.5) is 17.1 Å². The number of nitrogens with zero attached hydrogens (tertiary/aromatic N) is 1. The van der Waals surface area contributed by atoms with Crippen molar-refractivity contribution in [2.45, 2.75) is 13.8 Å². The van der Waals surface area contributed by atoms with E-state index in [0.717, 1.165) is 39.3 Å². The summed E-state index contributed by atoms with van der Waals surface area (Å²) in [5.41, 5.74) is 7.72. The zero-order valence-electron chi connectivity index (χ0n) is 14.9.